The van der Waals surface area contributed by atoms with Crippen LogP contribution in [0, 0.1) is 0 Å². The van der Waals surface area contributed by atoms with E-state index in [1.807, 2.05) is 0 Å². The number of carbonyl (C=O) groups excluding carboxylic acids is 1. The lowest BCUT2D eigenvalue weighted by atomic mass is 10.0. The lowest BCUT2D eigenvalue weighted by Gasteiger charge is -2.33. The second-order valence-corrected chi connectivity index (χ2v) is 4.26. The van der Waals surface area contributed by atoms with Crippen molar-refractivity contribution in [2.75, 3.05) is 13.1 Å². The molecule has 2 nitrogen and oxygen atoms in total. The number of rotatable bonds is 4. The molecule has 76 valence electrons. The van der Waals surface area contributed by atoms with E-state index in [0.29, 0.717) is 12.5 Å². The molecule has 0 radical (unpaired) electrons. The van der Waals surface area contributed by atoms with E-state index in [4.69, 9.17) is 11.6 Å². The van der Waals surface area contributed by atoms with Crippen LogP contribution in [-0.2, 0) is 4.79 Å². The number of halogens is 1. The van der Waals surface area contributed by atoms with Gasteiger partial charge in [0.05, 0.1) is 0 Å². The fourth-order valence-electron chi connectivity index (χ4n) is 1.91. The largest absolute Gasteiger partial charge is 0.301 e. The molecule has 0 N–H and O–H groups in total. The topological polar surface area (TPSA) is 20.3 Å². The van der Waals surface area contributed by atoms with Crippen LogP contribution in [0.25, 0.3) is 0 Å². The molecule has 1 heterocycles. The van der Waals surface area contributed by atoms with Gasteiger partial charge in [0.1, 0.15) is 0 Å². The summed E-state index contributed by atoms with van der Waals surface area (Å²) in [6.07, 6.45) is 5.39. The summed E-state index contributed by atoms with van der Waals surface area (Å²) in [5.41, 5.74) is 0. The van der Waals surface area contributed by atoms with Crippen LogP contribution in [0.3, 0.4) is 0 Å². The zero-order valence-electron chi connectivity index (χ0n) is 8.26. The van der Waals surface area contributed by atoms with Gasteiger partial charge in [0, 0.05) is 12.5 Å². The monoisotopic (exact) mass is 203 g/mol. The van der Waals surface area contributed by atoms with E-state index >= 15 is 0 Å². The third-order valence-electron chi connectivity index (χ3n) is 2.76. The average molecular weight is 204 g/mol. The van der Waals surface area contributed by atoms with Gasteiger partial charge in [-0.25, -0.2) is 0 Å². The van der Waals surface area contributed by atoms with Crippen molar-refractivity contribution in [3.63, 3.8) is 0 Å². The molecular weight excluding hydrogens is 186 g/mol. The molecule has 0 spiro atoms. The van der Waals surface area contributed by atoms with E-state index in [0.717, 1.165) is 13.0 Å². The first-order valence-electron chi connectivity index (χ1n) is 5.12. The van der Waals surface area contributed by atoms with Gasteiger partial charge in [-0.2, -0.15) is 0 Å². The van der Waals surface area contributed by atoms with Crippen LogP contribution in [0.15, 0.2) is 0 Å². The Balaban J connectivity index is 2.15. The molecule has 0 amide bonds. The quantitative estimate of drug-likeness (QED) is 0.655. The number of hydrogen-bond acceptors (Lipinski definition) is 2. The molecular formula is C10H18ClNO. The Bertz CT molecular complexity index is 172. The number of likely N-dealkylation sites (tertiary alicyclic amines) is 1. The summed E-state index contributed by atoms with van der Waals surface area (Å²) < 4.78 is 0. The van der Waals surface area contributed by atoms with Gasteiger partial charge in [0.15, 0.2) is 0 Å². The molecule has 0 aromatic heterocycles. The number of nitrogens with zero attached hydrogens (tertiary/aromatic N) is 1. The zero-order chi connectivity index (χ0) is 9.68. The van der Waals surface area contributed by atoms with Gasteiger partial charge in [-0.15, -0.1) is 0 Å². The molecule has 1 unspecified atom stereocenters. The minimum atomic E-state index is -0.204. The lowest BCUT2D eigenvalue weighted by Crippen LogP contribution is -2.38. The third kappa shape index (κ3) is 4.10. The minimum absolute atomic E-state index is 0.204. The van der Waals surface area contributed by atoms with Crippen LogP contribution >= 0.6 is 11.6 Å². The van der Waals surface area contributed by atoms with Gasteiger partial charge < -0.3 is 4.90 Å². The van der Waals surface area contributed by atoms with Crippen LogP contribution in [0.5, 0.6) is 0 Å². The smallest absolute Gasteiger partial charge is 0.221 e. The molecule has 1 aliphatic heterocycles. The summed E-state index contributed by atoms with van der Waals surface area (Å²) in [6.45, 7) is 4.49. The van der Waals surface area contributed by atoms with Crippen molar-refractivity contribution in [2.45, 2.75) is 45.1 Å². The van der Waals surface area contributed by atoms with E-state index in [-0.39, 0.29) is 5.24 Å². The molecule has 0 aromatic rings. The lowest BCUT2D eigenvalue weighted by molar-refractivity contribution is -0.111. The maximum Gasteiger partial charge on any atom is 0.221 e. The van der Waals surface area contributed by atoms with Crippen molar-refractivity contribution in [3.8, 4) is 0 Å². The van der Waals surface area contributed by atoms with E-state index in [1.54, 1.807) is 0 Å². The number of piperidine rings is 1. The molecule has 0 saturated carbocycles. The molecule has 3 heteroatoms. The fourth-order valence-corrected chi connectivity index (χ4v) is 2.04. The first kappa shape index (κ1) is 11.0. The van der Waals surface area contributed by atoms with Gasteiger partial charge >= 0.3 is 0 Å². The normalized spacial score (nSPS) is 24.6. The van der Waals surface area contributed by atoms with E-state index in [9.17, 15) is 4.79 Å². The number of carbonyl (C=O) groups is 1. The molecule has 1 saturated heterocycles. The van der Waals surface area contributed by atoms with E-state index < -0.39 is 0 Å². The summed E-state index contributed by atoms with van der Waals surface area (Å²) in [5.74, 6) is 0. The van der Waals surface area contributed by atoms with Crippen LogP contribution in [-0.4, -0.2) is 29.3 Å². The summed E-state index contributed by atoms with van der Waals surface area (Å²) in [4.78, 5) is 13.0. The molecule has 1 aliphatic rings. The Labute approximate surface area is 85.2 Å². The Morgan fingerprint density at radius 2 is 2.31 bits per heavy atom. The summed E-state index contributed by atoms with van der Waals surface area (Å²) >= 11 is 5.27. The van der Waals surface area contributed by atoms with Crippen molar-refractivity contribution in [1.29, 1.82) is 0 Å². The Morgan fingerprint density at radius 1 is 1.54 bits per heavy atom. The SMILES string of the molecule is CC1CCCCN1CCCC(=O)Cl. The predicted molar refractivity (Wildman–Crippen MR) is 55.0 cm³/mol. The third-order valence-corrected chi connectivity index (χ3v) is 2.95. The van der Waals surface area contributed by atoms with Crippen molar-refractivity contribution >= 4 is 16.8 Å². The van der Waals surface area contributed by atoms with E-state index in [1.165, 1.54) is 25.8 Å². The second-order valence-electron chi connectivity index (χ2n) is 3.84. The highest BCUT2D eigenvalue weighted by Gasteiger charge is 2.17. The van der Waals surface area contributed by atoms with Crippen molar-refractivity contribution in [3.05, 3.63) is 0 Å². The average Bonchev–Trinajstić information content (AvgIpc) is 2.08. The molecule has 0 aromatic carbocycles. The standard InChI is InChI=1S/C10H18ClNO/c1-9-5-2-3-7-12(9)8-4-6-10(11)13/h9H,2-8H2,1H3. The molecule has 0 bridgehead atoms. The predicted octanol–water partition coefficient (Wildman–Crippen LogP) is 2.41. The highest BCUT2D eigenvalue weighted by molar-refractivity contribution is 6.63. The van der Waals surface area contributed by atoms with Crippen LogP contribution in [0.4, 0.5) is 0 Å². The minimum Gasteiger partial charge on any atom is -0.301 e. The molecule has 0 aliphatic carbocycles. The Kier molecular flexibility index (Phi) is 4.74. The maximum absolute atomic E-state index is 10.5. The van der Waals surface area contributed by atoms with Crippen LogP contribution in [0.2, 0.25) is 0 Å². The highest BCUT2D eigenvalue weighted by atomic mass is 35.5. The van der Waals surface area contributed by atoms with Crippen LogP contribution < -0.4 is 0 Å². The van der Waals surface area contributed by atoms with Crippen LogP contribution in [0.1, 0.15) is 39.0 Å². The van der Waals surface area contributed by atoms with Crippen molar-refractivity contribution in [1.82, 2.24) is 4.90 Å². The zero-order valence-corrected chi connectivity index (χ0v) is 9.02. The Hall–Kier alpha value is -0.0800. The van der Waals surface area contributed by atoms with E-state index in [2.05, 4.69) is 11.8 Å². The highest BCUT2D eigenvalue weighted by Crippen LogP contribution is 2.16. The van der Waals surface area contributed by atoms with Gasteiger partial charge in [0.25, 0.3) is 0 Å². The first-order valence-corrected chi connectivity index (χ1v) is 5.50. The van der Waals surface area contributed by atoms with Gasteiger partial charge in [0.2, 0.25) is 5.24 Å². The molecule has 1 atom stereocenters. The molecule has 1 fully saturated rings. The summed E-state index contributed by atoms with van der Waals surface area (Å²) in [5, 5.41) is -0.204. The first-order chi connectivity index (χ1) is 6.20. The summed E-state index contributed by atoms with van der Waals surface area (Å²) in [6, 6.07) is 0.694. The van der Waals surface area contributed by atoms with Crippen molar-refractivity contribution < 1.29 is 4.79 Å². The fraction of sp³-hybridized carbons (Fsp3) is 0.900. The number of hydrogen-bond donors (Lipinski definition) is 0. The van der Waals surface area contributed by atoms with Gasteiger partial charge in [-0.05, 0) is 50.9 Å². The maximum atomic E-state index is 10.5. The second kappa shape index (κ2) is 5.61. The summed E-state index contributed by atoms with van der Waals surface area (Å²) in [7, 11) is 0. The Morgan fingerprint density at radius 3 is 2.92 bits per heavy atom. The molecule has 13 heavy (non-hydrogen) atoms. The van der Waals surface area contributed by atoms with Gasteiger partial charge in [-0.1, -0.05) is 6.42 Å². The van der Waals surface area contributed by atoms with Crippen molar-refractivity contribution in [2.24, 2.45) is 0 Å². The van der Waals surface area contributed by atoms with Gasteiger partial charge in [-0.3, -0.25) is 4.79 Å². The molecule has 1 rings (SSSR count).